The minimum atomic E-state index is 0. The van der Waals surface area contributed by atoms with Gasteiger partial charge in [-0.15, -0.1) is 0 Å². The molecule has 12 rings (SSSR count). The van der Waals surface area contributed by atoms with Gasteiger partial charge in [0.05, 0.1) is 32.7 Å². The van der Waals surface area contributed by atoms with Gasteiger partial charge in [0.2, 0.25) is 0 Å². The van der Waals surface area contributed by atoms with E-state index in [-0.39, 0.29) is 24.1 Å². The fourth-order valence-corrected chi connectivity index (χ4v) is 8.85. The van der Waals surface area contributed by atoms with E-state index in [0.717, 1.165) is 107 Å². The number of hydrogen-bond donors (Lipinski definition) is 0. The summed E-state index contributed by atoms with van der Waals surface area (Å²) in [7, 11) is 0. The first-order valence-corrected chi connectivity index (χ1v) is 23.0. The van der Waals surface area contributed by atoms with Crippen molar-refractivity contribution in [1.82, 2.24) is 43.6 Å². The Bertz CT molecular complexity index is 3430. The van der Waals surface area contributed by atoms with Crippen LogP contribution in [0.25, 0.3) is 32.7 Å². The van der Waals surface area contributed by atoms with Crippen molar-refractivity contribution in [1.29, 1.82) is 0 Å². The zero-order chi connectivity index (χ0) is 47.4. The van der Waals surface area contributed by atoms with Gasteiger partial charge in [-0.2, -0.15) is 0 Å². The highest BCUT2D eigenvalue weighted by Crippen LogP contribution is 2.22. The summed E-state index contributed by atoms with van der Waals surface area (Å²) in [5, 5.41) is 1.98. The Morgan fingerprint density at radius 3 is 0.986 bits per heavy atom. The number of rotatable bonds is 0. The van der Waals surface area contributed by atoms with Crippen molar-refractivity contribution in [3.63, 3.8) is 0 Å². The van der Waals surface area contributed by atoms with Crippen LogP contribution >= 0.6 is 0 Å². The number of pyridine rings is 3. The van der Waals surface area contributed by atoms with E-state index in [1.54, 1.807) is 32.3 Å². The Labute approximate surface area is 405 Å². The number of hydrogen-bond acceptors (Lipinski definition) is 9. The zero-order valence-corrected chi connectivity index (χ0v) is 38.3. The van der Waals surface area contributed by atoms with Crippen LogP contribution in [-0.4, -0.2) is 43.6 Å². The molecule has 0 N–H and O–H groups in total. The van der Waals surface area contributed by atoms with Crippen molar-refractivity contribution in [3.05, 3.63) is 210 Å². The molecule has 12 nitrogen and oxygen atoms in total. The molecule has 0 amide bonds. The van der Waals surface area contributed by atoms with Crippen LogP contribution in [0.1, 0.15) is 79.4 Å². The molecule has 0 aliphatic carbocycles. The SMILES string of the molecule is C.CC1Cc2nc3cc(C#Cc4ccccn4)ccc3c(=O)n2C1.CC1Cc2nc3cc(C#Cc4ccccn4)ccc3c(=O)n2C1.CC1Cc2nc3cc(C#Cc4ccccn4)ccc3c(=O)n2C1. The highest BCUT2D eigenvalue weighted by Gasteiger charge is 2.24. The second-order valence-corrected chi connectivity index (χ2v) is 17.8. The highest BCUT2D eigenvalue weighted by molar-refractivity contribution is 5.81. The zero-order valence-electron chi connectivity index (χ0n) is 38.3. The molecular formula is C58H49N9O3. The Kier molecular flexibility index (Phi) is 13.4. The third-order valence-electron chi connectivity index (χ3n) is 12.2. The van der Waals surface area contributed by atoms with Gasteiger partial charge < -0.3 is 0 Å². The summed E-state index contributed by atoms with van der Waals surface area (Å²) in [5.74, 6) is 22.4. The van der Waals surface area contributed by atoms with Crippen molar-refractivity contribution in [3.8, 4) is 35.5 Å². The molecule has 0 radical (unpaired) electrons. The standard InChI is InChI=1S/3C19H15N3O.CH4/c3*1-13-10-18-21-17-11-14(5-7-15-4-2-3-9-20-15)6-8-16(17)19(23)22(18)12-13;/h3*2-4,6,8-9,11,13H,10,12H2,1H3;1H4. The second kappa shape index (κ2) is 20.2. The molecule has 3 aromatic carbocycles. The number of fused-ring (bicyclic) bond motifs is 6. The summed E-state index contributed by atoms with van der Waals surface area (Å²) in [4.78, 5) is 64.1. The fourth-order valence-electron chi connectivity index (χ4n) is 8.85. The van der Waals surface area contributed by atoms with Gasteiger partial charge >= 0.3 is 0 Å². The topological polar surface area (TPSA) is 143 Å². The van der Waals surface area contributed by atoms with Crippen LogP contribution in [0.5, 0.6) is 0 Å². The third-order valence-corrected chi connectivity index (χ3v) is 12.2. The normalized spacial score (nSPS) is 15.7. The van der Waals surface area contributed by atoms with Crippen LogP contribution in [0.3, 0.4) is 0 Å². The van der Waals surface area contributed by atoms with Crippen LogP contribution in [-0.2, 0) is 38.9 Å². The van der Waals surface area contributed by atoms with Crippen molar-refractivity contribution in [2.24, 2.45) is 17.8 Å². The molecular weight excluding hydrogens is 871 g/mol. The number of nitrogens with zero attached hydrogens (tertiary/aromatic N) is 9. The van der Waals surface area contributed by atoms with Gasteiger partial charge in [0.25, 0.3) is 16.7 Å². The monoisotopic (exact) mass is 919 g/mol. The molecule has 3 atom stereocenters. The van der Waals surface area contributed by atoms with E-state index in [1.165, 1.54) is 0 Å². The van der Waals surface area contributed by atoms with E-state index in [0.29, 0.717) is 33.9 Å². The summed E-state index contributed by atoms with van der Waals surface area (Å²) in [6, 6.07) is 33.6. The van der Waals surface area contributed by atoms with E-state index in [1.807, 2.05) is 109 Å². The van der Waals surface area contributed by atoms with Crippen LogP contribution in [0.15, 0.2) is 142 Å². The van der Waals surface area contributed by atoms with E-state index in [4.69, 9.17) is 0 Å². The molecule has 12 heteroatoms. The molecule has 344 valence electrons. The van der Waals surface area contributed by atoms with E-state index >= 15 is 0 Å². The lowest BCUT2D eigenvalue weighted by atomic mass is 10.1. The summed E-state index contributed by atoms with van der Waals surface area (Å²) >= 11 is 0. The Hall–Kier alpha value is -8.79. The molecule has 9 heterocycles. The van der Waals surface area contributed by atoms with Gasteiger partial charge in [-0.1, -0.05) is 64.2 Å². The van der Waals surface area contributed by atoms with Crippen LogP contribution in [0, 0.1) is 53.3 Å². The number of aromatic nitrogens is 9. The maximum atomic E-state index is 12.5. The Morgan fingerprint density at radius 2 is 0.714 bits per heavy atom. The third kappa shape index (κ3) is 10.1. The van der Waals surface area contributed by atoms with E-state index in [9.17, 15) is 14.4 Å². The molecule has 3 aliphatic heterocycles. The smallest absolute Gasteiger partial charge is 0.261 e. The summed E-state index contributed by atoms with van der Waals surface area (Å²) in [6.07, 6.45) is 7.73. The summed E-state index contributed by atoms with van der Waals surface area (Å²) in [6.45, 7) is 8.71. The van der Waals surface area contributed by atoms with Gasteiger partial charge in [-0.05, 0) is 127 Å². The van der Waals surface area contributed by atoms with Gasteiger partial charge in [-0.3, -0.25) is 28.1 Å². The van der Waals surface area contributed by atoms with Crippen molar-refractivity contribution < 1.29 is 0 Å². The van der Waals surface area contributed by atoms with Crippen molar-refractivity contribution in [2.75, 3.05) is 0 Å². The Morgan fingerprint density at radius 1 is 0.414 bits per heavy atom. The quantitative estimate of drug-likeness (QED) is 0.139. The first kappa shape index (κ1) is 46.3. The van der Waals surface area contributed by atoms with Crippen LogP contribution < -0.4 is 16.7 Å². The first-order chi connectivity index (χ1) is 33.6. The molecule has 3 unspecified atom stereocenters. The van der Waals surface area contributed by atoms with Gasteiger partial charge in [0.1, 0.15) is 34.6 Å². The lowest BCUT2D eigenvalue weighted by molar-refractivity contribution is 0.558. The van der Waals surface area contributed by atoms with Crippen molar-refractivity contribution >= 4 is 32.7 Å². The molecule has 0 saturated heterocycles. The lowest BCUT2D eigenvalue weighted by Gasteiger charge is -2.05. The molecule has 0 spiro atoms. The predicted octanol–water partition coefficient (Wildman–Crippen LogP) is 7.79. The van der Waals surface area contributed by atoms with E-state index in [2.05, 4.69) is 86.2 Å². The predicted molar refractivity (Wildman–Crippen MR) is 274 cm³/mol. The maximum absolute atomic E-state index is 12.5. The fraction of sp³-hybridized carbons (Fsp3) is 0.224. The average Bonchev–Trinajstić information content (AvgIpc) is 4.07. The van der Waals surface area contributed by atoms with E-state index < -0.39 is 0 Å². The van der Waals surface area contributed by atoms with Crippen LogP contribution in [0.4, 0.5) is 0 Å². The Balaban J connectivity index is 0.000000129. The molecule has 9 aromatic rings. The maximum Gasteiger partial charge on any atom is 0.261 e. The lowest BCUT2D eigenvalue weighted by Crippen LogP contribution is -2.21. The molecule has 70 heavy (non-hydrogen) atoms. The number of benzene rings is 3. The minimum Gasteiger partial charge on any atom is -0.296 e. The molecule has 0 bridgehead atoms. The van der Waals surface area contributed by atoms with Gasteiger partial charge in [0.15, 0.2) is 0 Å². The molecule has 3 aliphatic rings. The second-order valence-electron chi connectivity index (χ2n) is 17.8. The first-order valence-electron chi connectivity index (χ1n) is 23.0. The summed E-state index contributed by atoms with van der Waals surface area (Å²) < 4.78 is 5.39. The molecule has 6 aromatic heterocycles. The summed E-state index contributed by atoms with van der Waals surface area (Å²) in [5.41, 5.74) is 7.03. The molecule has 0 saturated carbocycles. The minimum absolute atomic E-state index is 0. The largest absolute Gasteiger partial charge is 0.296 e. The van der Waals surface area contributed by atoms with Gasteiger partial charge in [-0.25, -0.2) is 29.9 Å². The van der Waals surface area contributed by atoms with Crippen molar-refractivity contribution in [2.45, 2.75) is 67.1 Å². The molecule has 0 fully saturated rings. The van der Waals surface area contributed by atoms with Gasteiger partial charge in [0, 0.05) is 74.2 Å². The average molecular weight is 920 g/mol. The van der Waals surface area contributed by atoms with Crippen LogP contribution in [0.2, 0.25) is 0 Å². The highest BCUT2D eigenvalue weighted by atomic mass is 16.1.